The second kappa shape index (κ2) is 13.0. The van der Waals surface area contributed by atoms with Gasteiger partial charge in [0.05, 0.1) is 17.2 Å². The number of carbonyl (C=O) groups is 2. The molecule has 1 heterocycles. The van der Waals surface area contributed by atoms with Gasteiger partial charge in [0.15, 0.2) is 6.61 Å². The predicted molar refractivity (Wildman–Crippen MR) is 138 cm³/mol. The van der Waals surface area contributed by atoms with Crippen molar-refractivity contribution in [2.45, 2.75) is 6.92 Å². The Labute approximate surface area is 213 Å². The smallest absolute Gasteiger partial charge is 0.323 e. The zero-order valence-corrected chi connectivity index (χ0v) is 20.3. The highest BCUT2D eigenvalue weighted by atomic mass is 35.5. The van der Waals surface area contributed by atoms with E-state index in [9.17, 15) is 9.59 Å². The molecule has 0 aliphatic rings. The molecule has 36 heavy (non-hydrogen) atoms. The van der Waals surface area contributed by atoms with Gasteiger partial charge in [-0.25, -0.2) is 9.97 Å². The van der Waals surface area contributed by atoms with Gasteiger partial charge in [-0.2, -0.15) is 0 Å². The van der Waals surface area contributed by atoms with Gasteiger partial charge in [0.25, 0.3) is 5.91 Å². The number of fused-ring (bicyclic) bond motifs is 1. The Bertz CT molecular complexity index is 1300. The number of anilines is 1. The van der Waals surface area contributed by atoms with Gasteiger partial charge in [0.1, 0.15) is 18.0 Å². The summed E-state index contributed by atoms with van der Waals surface area (Å²) in [7, 11) is 0. The van der Waals surface area contributed by atoms with E-state index in [-0.39, 0.29) is 6.61 Å². The van der Waals surface area contributed by atoms with Gasteiger partial charge in [-0.1, -0.05) is 36.7 Å². The van der Waals surface area contributed by atoms with E-state index >= 15 is 0 Å². The van der Waals surface area contributed by atoms with Crippen LogP contribution in [0.5, 0.6) is 17.4 Å². The number of carboxylic acids is 1. The number of ether oxygens (including phenoxy) is 2. The third-order valence-corrected chi connectivity index (χ3v) is 4.79. The maximum absolute atomic E-state index is 12.6. The molecule has 0 saturated carbocycles. The van der Waals surface area contributed by atoms with Crippen LogP contribution in [-0.2, 0) is 9.59 Å². The van der Waals surface area contributed by atoms with Crippen LogP contribution >= 0.6 is 11.6 Å². The van der Waals surface area contributed by atoms with Crippen molar-refractivity contribution in [1.29, 1.82) is 0 Å². The van der Waals surface area contributed by atoms with Crippen LogP contribution in [0.25, 0.3) is 11.0 Å². The highest BCUT2D eigenvalue weighted by Gasteiger charge is 2.19. The summed E-state index contributed by atoms with van der Waals surface area (Å²) in [5, 5.41) is 9.72. The molecule has 0 spiro atoms. The topological polar surface area (TPSA) is 128 Å². The van der Waals surface area contributed by atoms with Crippen molar-refractivity contribution >= 4 is 40.2 Å². The standard InChI is InChI=1S/C24H18ClN3O5.C2H7N/c25-16-6-11-20-21(12-16)26-13-22(27-20)33-19-9-7-18(8-10-19)32-15-23(29)28(14-24(30)31)17-4-2-1-3-5-17;1-2-3/h1-13H,14-15H2,(H,30,31);2-3H2,1H3. The minimum absolute atomic E-state index is 0.318. The van der Waals surface area contributed by atoms with E-state index in [1.807, 2.05) is 6.92 Å². The van der Waals surface area contributed by atoms with E-state index in [0.29, 0.717) is 39.1 Å². The zero-order valence-electron chi connectivity index (χ0n) is 19.5. The summed E-state index contributed by atoms with van der Waals surface area (Å²) in [6, 6.07) is 20.4. The Morgan fingerprint density at radius 2 is 1.67 bits per heavy atom. The molecule has 0 unspecified atom stereocenters. The molecular formula is C26H25ClN4O5. The minimum Gasteiger partial charge on any atom is -0.484 e. The number of halogens is 1. The normalized spacial score (nSPS) is 10.2. The lowest BCUT2D eigenvalue weighted by molar-refractivity contribution is -0.136. The van der Waals surface area contributed by atoms with Crippen LogP contribution in [0.1, 0.15) is 6.92 Å². The summed E-state index contributed by atoms with van der Waals surface area (Å²) in [5.41, 5.74) is 6.64. The fraction of sp³-hybridized carbons (Fsp3) is 0.154. The lowest BCUT2D eigenvalue weighted by atomic mass is 10.3. The third kappa shape index (κ3) is 7.66. The Balaban J connectivity index is 0.00000115. The summed E-state index contributed by atoms with van der Waals surface area (Å²) in [5.74, 6) is -0.337. The molecule has 0 radical (unpaired) electrons. The third-order valence-electron chi connectivity index (χ3n) is 4.55. The lowest BCUT2D eigenvalue weighted by Crippen LogP contribution is -2.38. The molecule has 9 nitrogen and oxygen atoms in total. The Kier molecular flexibility index (Phi) is 9.56. The first-order chi connectivity index (χ1) is 17.4. The zero-order chi connectivity index (χ0) is 25.9. The Morgan fingerprint density at radius 1 is 1.00 bits per heavy atom. The van der Waals surface area contributed by atoms with Crippen molar-refractivity contribution in [2.75, 3.05) is 24.6 Å². The molecule has 3 N–H and O–H groups in total. The molecule has 1 amide bonds. The van der Waals surface area contributed by atoms with Crippen LogP contribution in [0.15, 0.2) is 79.0 Å². The summed E-state index contributed by atoms with van der Waals surface area (Å²) < 4.78 is 11.3. The van der Waals surface area contributed by atoms with Crippen molar-refractivity contribution < 1.29 is 24.2 Å². The van der Waals surface area contributed by atoms with Crippen molar-refractivity contribution in [1.82, 2.24) is 9.97 Å². The van der Waals surface area contributed by atoms with Gasteiger partial charge in [0.2, 0.25) is 5.88 Å². The SMILES string of the molecule is CCN.O=C(O)CN(C(=O)COc1ccc(Oc2cnc3cc(Cl)ccc3n2)cc1)c1ccccc1. The van der Waals surface area contributed by atoms with E-state index in [1.165, 1.54) is 6.20 Å². The quantitative estimate of drug-likeness (QED) is 0.355. The molecule has 0 aliphatic heterocycles. The summed E-state index contributed by atoms with van der Waals surface area (Å²) in [4.78, 5) is 33.6. The molecule has 0 atom stereocenters. The number of nitrogens with two attached hydrogens (primary N) is 1. The minimum atomic E-state index is -1.12. The highest BCUT2D eigenvalue weighted by molar-refractivity contribution is 6.31. The summed E-state index contributed by atoms with van der Waals surface area (Å²) >= 11 is 5.96. The van der Waals surface area contributed by atoms with Gasteiger partial charge in [0, 0.05) is 10.7 Å². The number of para-hydroxylation sites is 1. The first kappa shape index (κ1) is 26.4. The van der Waals surface area contributed by atoms with E-state index in [0.717, 1.165) is 11.4 Å². The van der Waals surface area contributed by atoms with Gasteiger partial charge in [-0.15, -0.1) is 0 Å². The average molecular weight is 509 g/mol. The molecular weight excluding hydrogens is 484 g/mol. The van der Waals surface area contributed by atoms with Gasteiger partial charge in [-0.05, 0) is 61.1 Å². The maximum atomic E-state index is 12.6. The van der Waals surface area contributed by atoms with E-state index in [1.54, 1.807) is 72.8 Å². The average Bonchev–Trinajstić information content (AvgIpc) is 2.87. The molecule has 0 bridgehead atoms. The van der Waals surface area contributed by atoms with E-state index < -0.39 is 18.4 Å². The fourth-order valence-corrected chi connectivity index (χ4v) is 3.20. The molecule has 10 heteroatoms. The molecule has 4 rings (SSSR count). The van der Waals surface area contributed by atoms with Crippen LogP contribution in [-0.4, -0.2) is 46.6 Å². The second-order valence-electron chi connectivity index (χ2n) is 7.32. The number of hydrogen-bond donors (Lipinski definition) is 2. The Hall–Kier alpha value is -4.21. The number of amides is 1. The molecule has 0 aliphatic carbocycles. The van der Waals surface area contributed by atoms with E-state index in [4.69, 9.17) is 31.9 Å². The van der Waals surface area contributed by atoms with Crippen LogP contribution in [0.3, 0.4) is 0 Å². The van der Waals surface area contributed by atoms with Gasteiger partial charge < -0.3 is 20.3 Å². The predicted octanol–water partition coefficient (Wildman–Crippen LogP) is 4.54. The van der Waals surface area contributed by atoms with Crippen LogP contribution < -0.4 is 20.1 Å². The molecule has 1 aromatic heterocycles. The van der Waals surface area contributed by atoms with Crippen molar-refractivity contribution in [3.05, 3.63) is 84.0 Å². The van der Waals surface area contributed by atoms with Crippen molar-refractivity contribution in [3.8, 4) is 17.4 Å². The number of carboxylic acid groups (broad SMARTS) is 1. The van der Waals surface area contributed by atoms with Gasteiger partial charge in [-0.3, -0.25) is 14.5 Å². The van der Waals surface area contributed by atoms with E-state index in [2.05, 4.69) is 9.97 Å². The first-order valence-electron chi connectivity index (χ1n) is 11.0. The largest absolute Gasteiger partial charge is 0.484 e. The van der Waals surface area contributed by atoms with Crippen LogP contribution in [0.4, 0.5) is 5.69 Å². The van der Waals surface area contributed by atoms with Crippen LogP contribution in [0, 0.1) is 0 Å². The number of nitrogens with zero attached hydrogens (tertiary/aromatic N) is 3. The first-order valence-corrected chi connectivity index (χ1v) is 11.4. The fourth-order valence-electron chi connectivity index (χ4n) is 3.03. The molecule has 0 fully saturated rings. The number of benzene rings is 3. The number of rotatable bonds is 8. The lowest BCUT2D eigenvalue weighted by Gasteiger charge is -2.21. The second-order valence-corrected chi connectivity index (χ2v) is 7.76. The van der Waals surface area contributed by atoms with Crippen molar-refractivity contribution in [3.63, 3.8) is 0 Å². The number of aliphatic carboxylic acids is 1. The van der Waals surface area contributed by atoms with Crippen molar-refractivity contribution in [2.24, 2.45) is 5.73 Å². The number of hydrogen-bond acceptors (Lipinski definition) is 7. The van der Waals surface area contributed by atoms with Gasteiger partial charge >= 0.3 is 5.97 Å². The summed E-state index contributed by atoms with van der Waals surface area (Å²) in [6.45, 7) is 1.87. The monoisotopic (exact) mass is 508 g/mol. The highest BCUT2D eigenvalue weighted by Crippen LogP contribution is 2.24. The summed E-state index contributed by atoms with van der Waals surface area (Å²) in [6.07, 6.45) is 1.50. The Morgan fingerprint density at radius 3 is 2.33 bits per heavy atom. The molecule has 186 valence electrons. The molecule has 4 aromatic rings. The molecule has 0 saturated heterocycles. The number of aromatic nitrogens is 2. The maximum Gasteiger partial charge on any atom is 0.323 e. The van der Waals surface area contributed by atoms with Crippen LogP contribution in [0.2, 0.25) is 5.02 Å². The molecule has 3 aromatic carbocycles. The number of carbonyl (C=O) groups excluding carboxylic acids is 1.